The van der Waals surface area contributed by atoms with Gasteiger partial charge in [0.1, 0.15) is 6.10 Å². The summed E-state index contributed by atoms with van der Waals surface area (Å²) in [6, 6.07) is 7.57. The Morgan fingerprint density at radius 1 is 1.26 bits per heavy atom. The van der Waals surface area contributed by atoms with Gasteiger partial charge in [-0.25, -0.2) is 4.79 Å². The summed E-state index contributed by atoms with van der Waals surface area (Å²) in [5.41, 5.74) is 7.30. The molecular formula is C16H23NO2. The molecule has 2 atom stereocenters. The molecule has 1 aromatic carbocycles. The van der Waals surface area contributed by atoms with E-state index in [1.165, 1.54) is 6.42 Å². The van der Waals surface area contributed by atoms with Crippen molar-refractivity contribution in [2.75, 3.05) is 6.54 Å². The molecule has 2 N–H and O–H groups in total. The first-order valence-corrected chi connectivity index (χ1v) is 7.20. The Bertz CT molecular complexity index is 413. The SMILES string of the molecule is CC1CCCCC1OC(=O)c1ccc(CCN)cc1. The van der Waals surface area contributed by atoms with Crippen molar-refractivity contribution in [2.45, 2.75) is 45.1 Å². The van der Waals surface area contributed by atoms with E-state index >= 15 is 0 Å². The van der Waals surface area contributed by atoms with Gasteiger partial charge in [-0.05, 0) is 55.8 Å². The molecule has 1 saturated carbocycles. The van der Waals surface area contributed by atoms with Crippen LogP contribution in [0.5, 0.6) is 0 Å². The van der Waals surface area contributed by atoms with Crippen LogP contribution in [0.1, 0.15) is 48.5 Å². The number of carbonyl (C=O) groups excluding carboxylic acids is 1. The molecular weight excluding hydrogens is 238 g/mol. The second-order valence-corrected chi connectivity index (χ2v) is 5.44. The molecule has 0 aliphatic heterocycles. The normalized spacial score (nSPS) is 23.1. The van der Waals surface area contributed by atoms with Crippen LogP contribution in [-0.2, 0) is 11.2 Å². The number of hydrogen-bond donors (Lipinski definition) is 1. The lowest BCUT2D eigenvalue weighted by Gasteiger charge is -2.28. The largest absolute Gasteiger partial charge is 0.459 e. The van der Waals surface area contributed by atoms with Crippen LogP contribution in [0.2, 0.25) is 0 Å². The topological polar surface area (TPSA) is 52.3 Å². The monoisotopic (exact) mass is 261 g/mol. The number of hydrogen-bond acceptors (Lipinski definition) is 3. The van der Waals surface area contributed by atoms with Crippen molar-refractivity contribution in [1.29, 1.82) is 0 Å². The summed E-state index contributed by atoms with van der Waals surface area (Å²) >= 11 is 0. The molecule has 0 aromatic heterocycles. The minimum Gasteiger partial charge on any atom is -0.459 e. The predicted octanol–water partition coefficient (Wildman–Crippen LogP) is 2.92. The van der Waals surface area contributed by atoms with Crippen LogP contribution in [0.4, 0.5) is 0 Å². The summed E-state index contributed by atoms with van der Waals surface area (Å²) in [6.07, 6.45) is 5.51. The van der Waals surface area contributed by atoms with Crippen molar-refractivity contribution >= 4 is 5.97 Å². The van der Waals surface area contributed by atoms with Gasteiger partial charge in [0, 0.05) is 0 Å². The van der Waals surface area contributed by atoms with Crippen molar-refractivity contribution in [3.63, 3.8) is 0 Å². The van der Waals surface area contributed by atoms with Gasteiger partial charge in [0.25, 0.3) is 0 Å². The first-order valence-electron chi connectivity index (χ1n) is 7.20. The summed E-state index contributed by atoms with van der Waals surface area (Å²) < 4.78 is 5.63. The van der Waals surface area contributed by atoms with Gasteiger partial charge < -0.3 is 10.5 Å². The molecule has 19 heavy (non-hydrogen) atoms. The quantitative estimate of drug-likeness (QED) is 0.848. The van der Waals surface area contributed by atoms with Crippen LogP contribution in [0.3, 0.4) is 0 Å². The number of nitrogens with two attached hydrogens (primary N) is 1. The van der Waals surface area contributed by atoms with Gasteiger partial charge in [-0.1, -0.05) is 25.5 Å². The minimum atomic E-state index is -0.196. The summed E-state index contributed by atoms with van der Waals surface area (Å²) in [5, 5.41) is 0. The standard InChI is InChI=1S/C16H23NO2/c1-12-4-2-3-5-15(12)19-16(18)14-8-6-13(7-9-14)10-11-17/h6-9,12,15H,2-5,10-11,17H2,1H3. The van der Waals surface area contributed by atoms with Crippen molar-refractivity contribution in [2.24, 2.45) is 11.7 Å². The van der Waals surface area contributed by atoms with Crippen molar-refractivity contribution in [3.05, 3.63) is 35.4 Å². The van der Waals surface area contributed by atoms with Gasteiger partial charge >= 0.3 is 5.97 Å². The molecule has 3 heteroatoms. The zero-order valence-electron chi connectivity index (χ0n) is 11.6. The lowest BCUT2D eigenvalue weighted by atomic mass is 9.88. The molecule has 0 amide bonds. The molecule has 1 aliphatic carbocycles. The molecule has 1 fully saturated rings. The van der Waals surface area contributed by atoms with Crippen LogP contribution in [0.25, 0.3) is 0 Å². The third-order valence-electron chi connectivity index (χ3n) is 3.91. The third kappa shape index (κ3) is 3.80. The van der Waals surface area contributed by atoms with E-state index in [-0.39, 0.29) is 12.1 Å². The van der Waals surface area contributed by atoms with E-state index in [1.54, 1.807) is 0 Å². The molecule has 1 aliphatic rings. The molecule has 104 valence electrons. The number of carbonyl (C=O) groups is 1. The fourth-order valence-electron chi connectivity index (χ4n) is 2.64. The average Bonchev–Trinajstić information content (AvgIpc) is 2.42. The maximum Gasteiger partial charge on any atom is 0.338 e. The van der Waals surface area contributed by atoms with E-state index in [0.717, 1.165) is 31.2 Å². The van der Waals surface area contributed by atoms with Crippen LogP contribution in [0, 0.1) is 5.92 Å². The van der Waals surface area contributed by atoms with Crippen LogP contribution in [-0.4, -0.2) is 18.6 Å². The van der Waals surface area contributed by atoms with Crippen molar-refractivity contribution < 1.29 is 9.53 Å². The smallest absolute Gasteiger partial charge is 0.338 e. The Morgan fingerprint density at radius 3 is 2.58 bits per heavy atom. The highest BCUT2D eigenvalue weighted by molar-refractivity contribution is 5.89. The lowest BCUT2D eigenvalue weighted by Crippen LogP contribution is -2.28. The van der Waals surface area contributed by atoms with Gasteiger partial charge in [0.05, 0.1) is 5.56 Å². The van der Waals surface area contributed by atoms with Crippen molar-refractivity contribution in [1.82, 2.24) is 0 Å². The molecule has 2 unspecified atom stereocenters. The first-order chi connectivity index (χ1) is 9.20. The molecule has 0 saturated heterocycles. The number of benzene rings is 1. The maximum atomic E-state index is 12.1. The van der Waals surface area contributed by atoms with E-state index in [0.29, 0.717) is 18.0 Å². The van der Waals surface area contributed by atoms with Gasteiger partial charge in [-0.2, -0.15) is 0 Å². The Kier molecular flexibility index (Phi) is 4.97. The summed E-state index contributed by atoms with van der Waals surface area (Å²) in [7, 11) is 0. The predicted molar refractivity (Wildman–Crippen MR) is 76.0 cm³/mol. The maximum absolute atomic E-state index is 12.1. The summed E-state index contributed by atoms with van der Waals surface area (Å²) in [6.45, 7) is 2.80. The van der Waals surface area contributed by atoms with E-state index in [1.807, 2.05) is 24.3 Å². The second kappa shape index (κ2) is 6.71. The molecule has 1 aromatic rings. The zero-order valence-corrected chi connectivity index (χ0v) is 11.6. The highest BCUT2D eigenvalue weighted by Gasteiger charge is 2.25. The molecule has 0 radical (unpaired) electrons. The van der Waals surface area contributed by atoms with Gasteiger partial charge in [-0.15, -0.1) is 0 Å². The second-order valence-electron chi connectivity index (χ2n) is 5.44. The lowest BCUT2D eigenvalue weighted by molar-refractivity contribution is 0.00481. The highest BCUT2D eigenvalue weighted by Crippen LogP contribution is 2.27. The van der Waals surface area contributed by atoms with E-state index in [9.17, 15) is 4.79 Å². The Hall–Kier alpha value is -1.35. The fourth-order valence-corrected chi connectivity index (χ4v) is 2.64. The van der Waals surface area contributed by atoms with Crippen LogP contribution < -0.4 is 5.73 Å². The number of rotatable bonds is 4. The van der Waals surface area contributed by atoms with E-state index in [2.05, 4.69) is 6.92 Å². The van der Waals surface area contributed by atoms with Gasteiger partial charge in [-0.3, -0.25) is 0 Å². The summed E-state index contributed by atoms with van der Waals surface area (Å²) in [4.78, 5) is 12.1. The average molecular weight is 261 g/mol. The highest BCUT2D eigenvalue weighted by atomic mass is 16.5. The molecule has 3 nitrogen and oxygen atoms in total. The third-order valence-corrected chi connectivity index (χ3v) is 3.91. The molecule has 0 heterocycles. The Morgan fingerprint density at radius 2 is 1.95 bits per heavy atom. The van der Waals surface area contributed by atoms with Gasteiger partial charge in [0.2, 0.25) is 0 Å². The molecule has 2 rings (SSSR count). The Balaban J connectivity index is 1.95. The molecule has 0 spiro atoms. The van der Waals surface area contributed by atoms with Crippen molar-refractivity contribution in [3.8, 4) is 0 Å². The van der Waals surface area contributed by atoms with Crippen LogP contribution in [0.15, 0.2) is 24.3 Å². The van der Waals surface area contributed by atoms with Gasteiger partial charge in [0.15, 0.2) is 0 Å². The minimum absolute atomic E-state index is 0.0879. The summed E-state index contributed by atoms with van der Waals surface area (Å²) in [5.74, 6) is 0.285. The zero-order chi connectivity index (χ0) is 13.7. The van der Waals surface area contributed by atoms with E-state index < -0.39 is 0 Å². The Labute approximate surface area is 115 Å². The number of ether oxygens (including phenoxy) is 1. The van der Waals surface area contributed by atoms with Crippen LogP contribution >= 0.6 is 0 Å². The fraction of sp³-hybridized carbons (Fsp3) is 0.562. The number of esters is 1. The molecule has 0 bridgehead atoms. The van der Waals surface area contributed by atoms with E-state index in [4.69, 9.17) is 10.5 Å². The first kappa shape index (κ1) is 14.1.